The van der Waals surface area contributed by atoms with E-state index in [0.29, 0.717) is 17.3 Å². The third kappa shape index (κ3) is 2.96. The van der Waals surface area contributed by atoms with Crippen LogP contribution in [0.2, 0.25) is 0 Å². The highest BCUT2D eigenvalue weighted by atomic mass is 32.2. The third-order valence-corrected chi connectivity index (χ3v) is 6.29. The molecule has 2 heterocycles. The summed E-state index contributed by atoms with van der Waals surface area (Å²) in [7, 11) is -3.51. The number of sulfonamides is 1. The molecule has 1 atom stereocenters. The number of nitrogen functional groups attached to an aromatic ring is 1. The monoisotopic (exact) mass is 331 g/mol. The Labute approximate surface area is 137 Å². The van der Waals surface area contributed by atoms with Crippen molar-refractivity contribution < 1.29 is 8.42 Å². The minimum atomic E-state index is -3.51. The van der Waals surface area contributed by atoms with Crippen LogP contribution in [0, 0.1) is 13.8 Å². The minimum Gasteiger partial charge on any atom is -0.384 e. The molecule has 1 aromatic heterocycles. The maximum atomic E-state index is 13.0. The quantitative estimate of drug-likeness (QED) is 0.938. The molecule has 3 rings (SSSR count). The maximum Gasteiger partial charge on any atom is 0.243 e. The van der Waals surface area contributed by atoms with Crippen LogP contribution in [0.25, 0.3) is 0 Å². The summed E-state index contributed by atoms with van der Waals surface area (Å²) >= 11 is 0. The van der Waals surface area contributed by atoms with E-state index in [1.54, 1.807) is 28.7 Å². The average Bonchev–Trinajstić information content (AvgIpc) is 2.97. The molecule has 2 aromatic rings. The number of anilines is 1. The van der Waals surface area contributed by atoms with Crippen LogP contribution in [0.15, 0.2) is 41.4 Å². The zero-order valence-corrected chi connectivity index (χ0v) is 14.2. The molecule has 1 aliphatic rings. The summed E-state index contributed by atoms with van der Waals surface area (Å²) < 4.78 is 27.6. The average molecular weight is 331 g/mol. The number of benzene rings is 1. The summed E-state index contributed by atoms with van der Waals surface area (Å²) in [6.45, 7) is 4.42. The number of hydrogen-bond acceptors (Lipinski definition) is 4. The lowest BCUT2D eigenvalue weighted by molar-refractivity contribution is 0.395. The van der Waals surface area contributed by atoms with Crippen molar-refractivity contribution in [2.75, 3.05) is 12.3 Å². The van der Waals surface area contributed by atoms with E-state index >= 15 is 0 Å². The second-order valence-corrected chi connectivity index (χ2v) is 7.94. The molecule has 1 unspecified atom stereocenters. The zero-order chi connectivity index (χ0) is 16.6. The van der Waals surface area contributed by atoms with Crippen molar-refractivity contribution in [3.8, 4) is 0 Å². The van der Waals surface area contributed by atoms with Gasteiger partial charge in [0.25, 0.3) is 0 Å². The molecule has 23 heavy (non-hydrogen) atoms. The van der Waals surface area contributed by atoms with Gasteiger partial charge in [0.2, 0.25) is 10.0 Å². The van der Waals surface area contributed by atoms with Gasteiger partial charge in [-0.3, -0.25) is 0 Å². The van der Waals surface area contributed by atoms with Crippen molar-refractivity contribution in [1.29, 1.82) is 0 Å². The van der Waals surface area contributed by atoms with Crippen LogP contribution in [0.1, 0.15) is 35.6 Å². The molecule has 1 saturated heterocycles. The molecule has 2 N–H and O–H groups in total. The first-order valence-corrected chi connectivity index (χ1v) is 9.14. The highest BCUT2D eigenvalue weighted by Crippen LogP contribution is 2.37. The molecule has 0 saturated carbocycles. The van der Waals surface area contributed by atoms with Crippen LogP contribution in [0.5, 0.6) is 0 Å². The Balaban J connectivity index is 1.99. The van der Waals surface area contributed by atoms with Gasteiger partial charge in [-0.15, -0.1) is 0 Å². The molecule has 0 spiro atoms. The molecule has 6 heteroatoms. The number of rotatable bonds is 3. The van der Waals surface area contributed by atoms with Gasteiger partial charge < -0.3 is 5.73 Å². The van der Waals surface area contributed by atoms with Crippen LogP contribution in [0.4, 0.5) is 5.82 Å². The zero-order valence-electron chi connectivity index (χ0n) is 13.4. The smallest absolute Gasteiger partial charge is 0.243 e. The summed E-state index contributed by atoms with van der Waals surface area (Å²) in [6.07, 6.45) is 3.36. The second kappa shape index (κ2) is 5.94. The van der Waals surface area contributed by atoms with Crippen LogP contribution < -0.4 is 5.73 Å². The van der Waals surface area contributed by atoms with Gasteiger partial charge in [-0.2, -0.15) is 4.31 Å². The molecule has 0 radical (unpaired) electrons. The van der Waals surface area contributed by atoms with Gasteiger partial charge >= 0.3 is 0 Å². The lowest BCUT2D eigenvalue weighted by Crippen LogP contribution is -2.31. The number of aryl methyl sites for hydroxylation is 2. The number of hydrogen-bond donors (Lipinski definition) is 1. The van der Waals surface area contributed by atoms with Crippen LogP contribution >= 0.6 is 0 Å². The summed E-state index contributed by atoms with van der Waals surface area (Å²) in [6, 6.07) is 8.63. The summed E-state index contributed by atoms with van der Waals surface area (Å²) in [5, 5.41) is 0. The maximum absolute atomic E-state index is 13.0. The fraction of sp³-hybridized carbons (Fsp3) is 0.353. The first-order chi connectivity index (χ1) is 10.9. The van der Waals surface area contributed by atoms with Crippen molar-refractivity contribution in [2.24, 2.45) is 0 Å². The minimum absolute atomic E-state index is 0.172. The van der Waals surface area contributed by atoms with E-state index in [4.69, 9.17) is 5.73 Å². The number of pyridine rings is 1. The number of aromatic nitrogens is 1. The fourth-order valence-corrected chi connectivity index (χ4v) is 4.80. The second-order valence-electron chi connectivity index (χ2n) is 6.05. The third-order valence-electron chi connectivity index (χ3n) is 4.36. The predicted octanol–water partition coefficient (Wildman–Crippen LogP) is 2.81. The lowest BCUT2D eigenvalue weighted by atomic mass is 10.0. The van der Waals surface area contributed by atoms with Gasteiger partial charge in [0.15, 0.2) is 0 Å². The van der Waals surface area contributed by atoms with E-state index in [0.717, 1.165) is 29.5 Å². The number of nitrogens with two attached hydrogens (primary N) is 1. The Hall–Kier alpha value is -1.92. The normalized spacial score (nSPS) is 19.1. The first-order valence-electron chi connectivity index (χ1n) is 7.70. The highest BCUT2D eigenvalue weighted by molar-refractivity contribution is 7.89. The molecule has 5 nitrogen and oxygen atoms in total. The SMILES string of the molecule is Cc1ccc(S(=O)(=O)N2CCCC2c2cnc(N)cc2C)cc1. The Morgan fingerprint density at radius 2 is 1.91 bits per heavy atom. The van der Waals surface area contributed by atoms with Crippen LogP contribution in [0.3, 0.4) is 0 Å². The molecule has 0 amide bonds. The van der Waals surface area contributed by atoms with E-state index < -0.39 is 10.0 Å². The summed E-state index contributed by atoms with van der Waals surface area (Å²) in [4.78, 5) is 4.49. The van der Waals surface area contributed by atoms with Gasteiger partial charge in [-0.05, 0) is 56.0 Å². The van der Waals surface area contributed by atoms with Crippen molar-refractivity contribution >= 4 is 15.8 Å². The van der Waals surface area contributed by atoms with Gasteiger partial charge in [-0.25, -0.2) is 13.4 Å². The van der Waals surface area contributed by atoms with E-state index in [-0.39, 0.29) is 6.04 Å². The van der Waals surface area contributed by atoms with Crippen molar-refractivity contribution in [1.82, 2.24) is 9.29 Å². The van der Waals surface area contributed by atoms with Crippen molar-refractivity contribution in [3.63, 3.8) is 0 Å². The molecule has 1 fully saturated rings. The van der Waals surface area contributed by atoms with E-state index in [1.165, 1.54) is 0 Å². The Bertz CT molecular complexity index is 816. The molecule has 122 valence electrons. The largest absolute Gasteiger partial charge is 0.384 e. The van der Waals surface area contributed by atoms with E-state index in [9.17, 15) is 8.42 Å². The predicted molar refractivity (Wildman–Crippen MR) is 90.4 cm³/mol. The topological polar surface area (TPSA) is 76.3 Å². The molecule has 0 bridgehead atoms. The molecule has 0 aliphatic carbocycles. The van der Waals surface area contributed by atoms with Crippen molar-refractivity contribution in [3.05, 3.63) is 53.2 Å². The summed E-state index contributed by atoms with van der Waals surface area (Å²) in [5.74, 6) is 0.456. The highest BCUT2D eigenvalue weighted by Gasteiger charge is 2.36. The van der Waals surface area contributed by atoms with Crippen LogP contribution in [-0.4, -0.2) is 24.3 Å². The molecule has 1 aliphatic heterocycles. The van der Waals surface area contributed by atoms with Crippen molar-refractivity contribution in [2.45, 2.75) is 37.6 Å². The van der Waals surface area contributed by atoms with Crippen LogP contribution in [-0.2, 0) is 10.0 Å². The first kappa shape index (κ1) is 16.0. The Kier molecular flexibility index (Phi) is 4.12. The fourth-order valence-electron chi connectivity index (χ4n) is 3.12. The molecular weight excluding hydrogens is 310 g/mol. The van der Waals surface area contributed by atoms with E-state index in [1.807, 2.05) is 26.0 Å². The van der Waals surface area contributed by atoms with E-state index in [2.05, 4.69) is 4.98 Å². The Morgan fingerprint density at radius 1 is 1.22 bits per heavy atom. The number of nitrogens with zero attached hydrogens (tertiary/aromatic N) is 2. The lowest BCUT2D eigenvalue weighted by Gasteiger charge is -2.25. The Morgan fingerprint density at radius 3 is 2.57 bits per heavy atom. The van der Waals surface area contributed by atoms with Gasteiger partial charge in [0.1, 0.15) is 5.82 Å². The van der Waals surface area contributed by atoms with Gasteiger partial charge in [0.05, 0.1) is 10.9 Å². The van der Waals surface area contributed by atoms with Gasteiger partial charge in [0, 0.05) is 12.7 Å². The molecule has 1 aromatic carbocycles. The molecular formula is C17H21N3O2S. The van der Waals surface area contributed by atoms with Gasteiger partial charge in [-0.1, -0.05) is 17.7 Å². The summed E-state index contributed by atoms with van der Waals surface area (Å²) in [5.41, 5.74) is 8.67. The standard InChI is InChI=1S/C17H21N3O2S/c1-12-5-7-14(8-6-12)23(21,22)20-9-3-4-16(20)15-11-19-17(18)10-13(15)2/h5-8,10-11,16H,3-4,9H2,1-2H3,(H2,18,19).